The Kier molecular flexibility index (Phi) is 5.93. The third-order valence-corrected chi connectivity index (χ3v) is 5.33. The molecular weight excluding hydrogens is 314 g/mol. The van der Waals surface area contributed by atoms with Gasteiger partial charge in [-0.05, 0) is 45.6 Å². The SMILES string of the molecule is Cc1cc(C(=O)CCC(=O)NC2CCC(C(=O)O)CC2)c(C)s1. The molecule has 2 N–H and O–H groups in total. The second kappa shape index (κ2) is 7.73. The van der Waals surface area contributed by atoms with Crippen molar-refractivity contribution in [2.45, 2.75) is 58.4 Å². The van der Waals surface area contributed by atoms with Crippen molar-refractivity contribution >= 4 is 29.0 Å². The minimum atomic E-state index is -0.748. The molecule has 1 aromatic heterocycles. The van der Waals surface area contributed by atoms with E-state index in [0.717, 1.165) is 15.3 Å². The molecule has 0 saturated heterocycles. The van der Waals surface area contributed by atoms with E-state index in [4.69, 9.17) is 5.11 Å². The molecule has 126 valence electrons. The first-order valence-corrected chi connectivity index (χ1v) is 8.81. The van der Waals surface area contributed by atoms with Crippen LogP contribution in [0.25, 0.3) is 0 Å². The van der Waals surface area contributed by atoms with Gasteiger partial charge in [0, 0.05) is 34.2 Å². The van der Waals surface area contributed by atoms with Gasteiger partial charge in [-0.15, -0.1) is 11.3 Å². The second-order valence-corrected chi connectivity index (χ2v) is 7.66. The van der Waals surface area contributed by atoms with Crippen molar-refractivity contribution < 1.29 is 19.5 Å². The van der Waals surface area contributed by atoms with E-state index in [2.05, 4.69) is 5.32 Å². The van der Waals surface area contributed by atoms with Crippen LogP contribution in [0.2, 0.25) is 0 Å². The van der Waals surface area contributed by atoms with Gasteiger partial charge in [0.15, 0.2) is 5.78 Å². The summed E-state index contributed by atoms with van der Waals surface area (Å²) >= 11 is 1.59. The van der Waals surface area contributed by atoms with Gasteiger partial charge in [-0.25, -0.2) is 0 Å². The summed E-state index contributed by atoms with van der Waals surface area (Å²) in [6.45, 7) is 3.89. The summed E-state index contributed by atoms with van der Waals surface area (Å²) in [5, 5.41) is 11.9. The molecule has 1 fully saturated rings. The molecule has 1 amide bonds. The third kappa shape index (κ3) is 4.89. The zero-order chi connectivity index (χ0) is 17.0. The van der Waals surface area contributed by atoms with Crippen LogP contribution in [0.1, 0.15) is 58.6 Å². The molecule has 5 nitrogen and oxygen atoms in total. The molecule has 23 heavy (non-hydrogen) atoms. The molecule has 1 heterocycles. The molecule has 0 spiro atoms. The fourth-order valence-electron chi connectivity index (χ4n) is 3.05. The first-order valence-electron chi connectivity index (χ1n) is 7.99. The Morgan fingerprint density at radius 2 is 1.83 bits per heavy atom. The Hall–Kier alpha value is -1.69. The van der Waals surface area contributed by atoms with Gasteiger partial charge >= 0.3 is 5.97 Å². The van der Waals surface area contributed by atoms with E-state index in [-0.39, 0.29) is 36.5 Å². The molecule has 0 bridgehead atoms. The number of aryl methyl sites for hydroxylation is 2. The smallest absolute Gasteiger partial charge is 0.306 e. The minimum Gasteiger partial charge on any atom is -0.481 e. The highest BCUT2D eigenvalue weighted by Crippen LogP contribution is 2.25. The van der Waals surface area contributed by atoms with Gasteiger partial charge in [0.2, 0.25) is 5.91 Å². The maximum atomic E-state index is 12.2. The van der Waals surface area contributed by atoms with E-state index in [0.29, 0.717) is 25.7 Å². The molecule has 1 aliphatic rings. The average Bonchev–Trinajstić information content (AvgIpc) is 2.84. The first kappa shape index (κ1) is 17.7. The van der Waals surface area contributed by atoms with Crippen molar-refractivity contribution in [2.75, 3.05) is 0 Å². The average molecular weight is 337 g/mol. The van der Waals surface area contributed by atoms with E-state index in [9.17, 15) is 14.4 Å². The molecule has 0 atom stereocenters. The van der Waals surface area contributed by atoms with Crippen molar-refractivity contribution in [1.82, 2.24) is 5.32 Å². The van der Waals surface area contributed by atoms with Crippen LogP contribution >= 0.6 is 11.3 Å². The first-order chi connectivity index (χ1) is 10.9. The summed E-state index contributed by atoms with van der Waals surface area (Å²) in [5.41, 5.74) is 0.724. The number of nitrogens with one attached hydrogen (secondary N) is 1. The summed E-state index contributed by atoms with van der Waals surface area (Å²) in [5.74, 6) is -1.14. The quantitative estimate of drug-likeness (QED) is 0.781. The monoisotopic (exact) mass is 337 g/mol. The van der Waals surface area contributed by atoms with Crippen LogP contribution in [0.4, 0.5) is 0 Å². The van der Waals surface area contributed by atoms with Crippen molar-refractivity contribution in [3.63, 3.8) is 0 Å². The van der Waals surface area contributed by atoms with Gasteiger partial charge in [-0.3, -0.25) is 14.4 Å². The Bertz CT molecular complexity index is 600. The van der Waals surface area contributed by atoms with Crippen molar-refractivity contribution in [1.29, 1.82) is 0 Å². The summed E-state index contributed by atoms with van der Waals surface area (Å²) < 4.78 is 0. The van der Waals surface area contributed by atoms with Crippen molar-refractivity contribution in [3.8, 4) is 0 Å². The van der Waals surface area contributed by atoms with Crippen LogP contribution in [0.3, 0.4) is 0 Å². The lowest BCUT2D eigenvalue weighted by Crippen LogP contribution is -2.38. The number of hydrogen-bond acceptors (Lipinski definition) is 4. The predicted octanol–water partition coefficient (Wildman–Crippen LogP) is 3.09. The highest BCUT2D eigenvalue weighted by atomic mass is 32.1. The largest absolute Gasteiger partial charge is 0.481 e. The number of thiophene rings is 1. The summed E-state index contributed by atoms with van der Waals surface area (Å²) in [6.07, 6.45) is 3.00. The molecule has 1 aliphatic carbocycles. The zero-order valence-corrected chi connectivity index (χ0v) is 14.4. The van der Waals surface area contributed by atoms with Gasteiger partial charge in [0.05, 0.1) is 5.92 Å². The minimum absolute atomic E-state index is 0.0107. The van der Waals surface area contributed by atoms with E-state index in [1.54, 1.807) is 11.3 Å². The predicted molar refractivity (Wildman–Crippen MR) is 88.9 cm³/mol. The molecule has 2 rings (SSSR count). The fourth-order valence-corrected chi connectivity index (χ4v) is 4.00. The number of hydrogen-bond donors (Lipinski definition) is 2. The van der Waals surface area contributed by atoms with Gasteiger partial charge in [0.1, 0.15) is 0 Å². The number of carbonyl (C=O) groups excluding carboxylic acids is 2. The maximum absolute atomic E-state index is 12.2. The van der Waals surface area contributed by atoms with Crippen LogP contribution in [0, 0.1) is 19.8 Å². The lowest BCUT2D eigenvalue weighted by Gasteiger charge is -2.26. The second-order valence-electron chi connectivity index (χ2n) is 6.20. The van der Waals surface area contributed by atoms with Crippen molar-refractivity contribution in [3.05, 3.63) is 21.4 Å². The van der Waals surface area contributed by atoms with E-state index in [1.165, 1.54) is 0 Å². The van der Waals surface area contributed by atoms with Crippen LogP contribution in [-0.4, -0.2) is 28.8 Å². The van der Waals surface area contributed by atoms with E-state index < -0.39 is 5.97 Å². The number of ketones is 1. The molecule has 0 unspecified atom stereocenters. The van der Waals surface area contributed by atoms with Crippen LogP contribution in [0.5, 0.6) is 0 Å². The van der Waals surface area contributed by atoms with Gasteiger partial charge in [-0.1, -0.05) is 0 Å². The van der Waals surface area contributed by atoms with Gasteiger partial charge in [0.25, 0.3) is 0 Å². The summed E-state index contributed by atoms with van der Waals surface area (Å²) in [7, 11) is 0. The Morgan fingerprint density at radius 1 is 1.17 bits per heavy atom. The molecule has 0 radical (unpaired) electrons. The molecule has 0 aliphatic heterocycles. The third-order valence-electron chi connectivity index (χ3n) is 4.36. The lowest BCUT2D eigenvalue weighted by atomic mass is 9.86. The number of carboxylic acid groups (broad SMARTS) is 1. The lowest BCUT2D eigenvalue weighted by molar-refractivity contribution is -0.142. The number of aliphatic carboxylic acids is 1. The fraction of sp³-hybridized carbons (Fsp3) is 0.588. The van der Waals surface area contributed by atoms with E-state index in [1.807, 2.05) is 19.9 Å². The topological polar surface area (TPSA) is 83.5 Å². The molecule has 0 aromatic carbocycles. The normalized spacial score (nSPS) is 21.0. The standard InChI is InChI=1S/C17H23NO4S/c1-10-9-14(11(2)23-10)15(19)7-8-16(20)18-13-5-3-12(4-6-13)17(21)22/h9,12-13H,3-8H2,1-2H3,(H,18,20)(H,21,22). The Labute approximate surface area is 140 Å². The summed E-state index contributed by atoms with van der Waals surface area (Å²) in [4.78, 5) is 37.1. The number of carboxylic acids is 1. The zero-order valence-electron chi connectivity index (χ0n) is 13.6. The number of amides is 1. The van der Waals surface area contributed by atoms with Crippen LogP contribution < -0.4 is 5.32 Å². The molecular formula is C17H23NO4S. The van der Waals surface area contributed by atoms with E-state index >= 15 is 0 Å². The highest BCUT2D eigenvalue weighted by Gasteiger charge is 2.26. The summed E-state index contributed by atoms with van der Waals surface area (Å²) in [6, 6.07) is 1.92. The number of Topliss-reactive ketones (excluding diaryl/α,β-unsaturated/α-hetero) is 1. The van der Waals surface area contributed by atoms with Crippen molar-refractivity contribution in [2.24, 2.45) is 5.92 Å². The molecule has 1 saturated carbocycles. The van der Waals surface area contributed by atoms with Gasteiger partial charge in [-0.2, -0.15) is 0 Å². The molecule has 1 aromatic rings. The van der Waals surface area contributed by atoms with Crippen LogP contribution in [0.15, 0.2) is 6.07 Å². The highest BCUT2D eigenvalue weighted by molar-refractivity contribution is 7.12. The molecule has 6 heteroatoms. The van der Waals surface area contributed by atoms with Gasteiger partial charge < -0.3 is 10.4 Å². The Morgan fingerprint density at radius 3 is 2.35 bits per heavy atom. The Balaban J connectivity index is 1.74. The maximum Gasteiger partial charge on any atom is 0.306 e. The van der Waals surface area contributed by atoms with Crippen LogP contribution in [-0.2, 0) is 9.59 Å². The number of carbonyl (C=O) groups is 3. The number of rotatable bonds is 6.